The predicted molar refractivity (Wildman–Crippen MR) is 62.8 cm³/mol. The highest BCUT2D eigenvalue weighted by molar-refractivity contribution is 7.90. The van der Waals surface area contributed by atoms with E-state index in [0.29, 0.717) is 11.4 Å². The van der Waals surface area contributed by atoms with Crippen molar-refractivity contribution >= 4 is 15.8 Å². The Kier molecular flexibility index (Phi) is 2.76. The number of nitrogens with zero attached hydrogens (tertiary/aromatic N) is 3. The fraction of sp³-hybridized carbons (Fsp3) is 0.100. The number of pyridine rings is 1. The lowest BCUT2D eigenvalue weighted by atomic mass is 10.3. The van der Waals surface area contributed by atoms with Crippen LogP contribution in [0.15, 0.2) is 35.5 Å². The van der Waals surface area contributed by atoms with Gasteiger partial charge in [-0.05, 0) is 12.1 Å². The summed E-state index contributed by atoms with van der Waals surface area (Å²) in [5.41, 5.74) is 6.41. The number of aromatic nitrogens is 3. The molecule has 0 unspecified atom stereocenters. The van der Waals surface area contributed by atoms with Crippen LogP contribution in [0.5, 0.6) is 0 Å². The lowest BCUT2D eigenvalue weighted by Crippen LogP contribution is -2.06. The Morgan fingerprint density at radius 3 is 2.53 bits per heavy atom. The quantitative estimate of drug-likeness (QED) is 0.780. The Hall–Kier alpha value is -2.02. The molecule has 7 heteroatoms. The second-order valence-electron chi connectivity index (χ2n) is 3.44. The molecule has 0 aliphatic carbocycles. The zero-order valence-electron chi connectivity index (χ0n) is 9.03. The number of anilines is 1. The molecule has 2 N–H and O–H groups in total. The molecule has 0 atom stereocenters. The van der Waals surface area contributed by atoms with Gasteiger partial charge in [-0.3, -0.25) is 4.98 Å². The van der Waals surface area contributed by atoms with Crippen molar-refractivity contribution in [2.75, 3.05) is 12.0 Å². The van der Waals surface area contributed by atoms with Crippen LogP contribution in [0.2, 0.25) is 0 Å². The van der Waals surface area contributed by atoms with E-state index >= 15 is 0 Å². The van der Waals surface area contributed by atoms with Crippen LogP contribution in [-0.4, -0.2) is 29.6 Å². The summed E-state index contributed by atoms with van der Waals surface area (Å²) < 4.78 is 22.8. The normalized spacial score (nSPS) is 11.4. The van der Waals surface area contributed by atoms with Crippen molar-refractivity contribution in [1.82, 2.24) is 15.0 Å². The summed E-state index contributed by atoms with van der Waals surface area (Å²) in [5, 5.41) is -0.106. The highest BCUT2D eigenvalue weighted by Gasteiger charge is 2.13. The first kappa shape index (κ1) is 11.5. The van der Waals surface area contributed by atoms with Crippen molar-refractivity contribution < 1.29 is 8.42 Å². The first-order valence-corrected chi connectivity index (χ1v) is 6.62. The summed E-state index contributed by atoms with van der Waals surface area (Å²) in [4.78, 5) is 11.7. The molecule has 2 rings (SSSR count). The van der Waals surface area contributed by atoms with Gasteiger partial charge in [0.2, 0.25) is 5.95 Å². The van der Waals surface area contributed by atoms with Crippen LogP contribution in [0.25, 0.3) is 11.4 Å². The summed E-state index contributed by atoms with van der Waals surface area (Å²) in [7, 11) is -3.41. The number of hydrogen-bond acceptors (Lipinski definition) is 6. The molecule has 6 nitrogen and oxygen atoms in total. The van der Waals surface area contributed by atoms with Crippen LogP contribution in [0.4, 0.5) is 5.95 Å². The van der Waals surface area contributed by atoms with Gasteiger partial charge in [0.25, 0.3) is 0 Å². The predicted octanol–water partition coefficient (Wildman–Crippen LogP) is 0.524. The summed E-state index contributed by atoms with van der Waals surface area (Å²) in [5.74, 6) is -0.0893. The second kappa shape index (κ2) is 4.10. The van der Waals surface area contributed by atoms with Crippen molar-refractivity contribution in [2.45, 2.75) is 5.03 Å². The van der Waals surface area contributed by atoms with E-state index in [9.17, 15) is 8.42 Å². The Labute approximate surface area is 98.5 Å². The van der Waals surface area contributed by atoms with Crippen LogP contribution < -0.4 is 5.73 Å². The number of rotatable bonds is 2. The maximum atomic E-state index is 11.4. The van der Waals surface area contributed by atoms with Gasteiger partial charge in [-0.1, -0.05) is 6.07 Å². The van der Waals surface area contributed by atoms with Crippen LogP contribution >= 0.6 is 0 Å². The third-order valence-electron chi connectivity index (χ3n) is 2.03. The third-order valence-corrected chi connectivity index (χ3v) is 3.00. The highest BCUT2D eigenvalue weighted by atomic mass is 32.2. The Bertz CT molecular complexity index is 641. The Balaban J connectivity index is 2.61. The number of nitrogens with two attached hydrogens (primary N) is 1. The topological polar surface area (TPSA) is 98.8 Å². The molecule has 0 spiro atoms. The van der Waals surface area contributed by atoms with E-state index in [1.165, 1.54) is 6.07 Å². The van der Waals surface area contributed by atoms with Crippen molar-refractivity contribution in [3.8, 4) is 11.4 Å². The smallest absolute Gasteiger partial charge is 0.221 e. The minimum Gasteiger partial charge on any atom is -0.368 e. The average Bonchev–Trinajstić information content (AvgIpc) is 2.28. The van der Waals surface area contributed by atoms with Crippen molar-refractivity contribution in [3.63, 3.8) is 0 Å². The molecule has 88 valence electrons. The molecule has 17 heavy (non-hydrogen) atoms. The first-order chi connectivity index (χ1) is 7.97. The summed E-state index contributed by atoms with van der Waals surface area (Å²) >= 11 is 0. The lowest BCUT2D eigenvalue weighted by molar-refractivity contribution is 0.598. The molecular weight excluding hydrogens is 240 g/mol. The van der Waals surface area contributed by atoms with Gasteiger partial charge < -0.3 is 5.73 Å². The van der Waals surface area contributed by atoms with Gasteiger partial charge in [0.15, 0.2) is 14.9 Å². The van der Waals surface area contributed by atoms with Gasteiger partial charge in [0, 0.05) is 18.5 Å². The van der Waals surface area contributed by atoms with Gasteiger partial charge >= 0.3 is 0 Å². The largest absolute Gasteiger partial charge is 0.368 e. The average molecular weight is 250 g/mol. The van der Waals surface area contributed by atoms with Crippen LogP contribution in [0.3, 0.4) is 0 Å². The number of nitrogen functional groups attached to an aromatic ring is 1. The molecule has 0 aliphatic rings. The fourth-order valence-electron chi connectivity index (χ4n) is 1.28. The SMILES string of the molecule is CS(=O)(=O)c1cc(-c2ccccn2)nc(N)n1. The van der Waals surface area contributed by atoms with E-state index in [4.69, 9.17) is 5.73 Å². The van der Waals surface area contributed by atoms with E-state index in [-0.39, 0.29) is 11.0 Å². The van der Waals surface area contributed by atoms with Crippen LogP contribution in [0.1, 0.15) is 0 Å². The van der Waals surface area contributed by atoms with Gasteiger partial charge in [-0.25, -0.2) is 18.4 Å². The molecular formula is C10H10N4O2S. The molecule has 0 bridgehead atoms. The van der Waals surface area contributed by atoms with Gasteiger partial charge in [0.1, 0.15) is 0 Å². The third kappa shape index (κ3) is 2.56. The zero-order chi connectivity index (χ0) is 12.5. The maximum absolute atomic E-state index is 11.4. The molecule has 0 aromatic carbocycles. The minimum absolute atomic E-state index is 0.0893. The summed E-state index contributed by atoms with van der Waals surface area (Å²) in [6.07, 6.45) is 2.66. The molecule has 2 aromatic heterocycles. The second-order valence-corrected chi connectivity index (χ2v) is 5.40. The van der Waals surface area contributed by atoms with Crippen molar-refractivity contribution in [1.29, 1.82) is 0 Å². The van der Waals surface area contributed by atoms with Crippen molar-refractivity contribution in [3.05, 3.63) is 30.5 Å². The molecule has 0 saturated carbocycles. The van der Waals surface area contributed by atoms with Gasteiger partial charge in [0.05, 0.1) is 11.4 Å². The lowest BCUT2D eigenvalue weighted by Gasteiger charge is -2.03. The van der Waals surface area contributed by atoms with E-state index in [2.05, 4.69) is 15.0 Å². The number of sulfone groups is 1. The van der Waals surface area contributed by atoms with Crippen LogP contribution in [-0.2, 0) is 9.84 Å². The van der Waals surface area contributed by atoms with E-state index in [1.807, 2.05) is 0 Å². The number of hydrogen-bond donors (Lipinski definition) is 1. The first-order valence-electron chi connectivity index (χ1n) is 4.73. The van der Waals surface area contributed by atoms with Gasteiger partial charge in [-0.15, -0.1) is 0 Å². The zero-order valence-corrected chi connectivity index (χ0v) is 9.85. The van der Waals surface area contributed by atoms with E-state index in [1.54, 1.807) is 24.4 Å². The van der Waals surface area contributed by atoms with E-state index < -0.39 is 9.84 Å². The van der Waals surface area contributed by atoms with E-state index in [0.717, 1.165) is 6.26 Å². The Morgan fingerprint density at radius 1 is 1.18 bits per heavy atom. The molecule has 2 aromatic rings. The van der Waals surface area contributed by atoms with Crippen molar-refractivity contribution in [2.24, 2.45) is 0 Å². The summed E-state index contributed by atoms with van der Waals surface area (Å²) in [6, 6.07) is 6.61. The van der Waals surface area contributed by atoms with Crippen LogP contribution in [0, 0.1) is 0 Å². The standard InChI is InChI=1S/C10H10N4O2S/c1-17(15,16)9-6-8(13-10(11)14-9)7-4-2-3-5-12-7/h2-6H,1H3,(H2,11,13,14). The molecule has 2 heterocycles. The van der Waals surface area contributed by atoms with Gasteiger partial charge in [-0.2, -0.15) is 0 Å². The molecule has 0 fully saturated rings. The maximum Gasteiger partial charge on any atom is 0.221 e. The molecule has 0 aliphatic heterocycles. The fourth-order valence-corrected chi connectivity index (χ4v) is 1.86. The summed E-state index contributed by atoms with van der Waals surface area (Å²) in [6.45, 7) is 0. The monoisotopic (exact) mass is 250 g/mol. The molecule has 0 amide bonds. The minimum atomic E-state index is -3.41. The molecule has 0 radical (unpaired) electrons. The molecule has 0 saturated heterocycles. The Morgan fingerprint density at radius 2 is 1.94 bits per heavy atom. The highest BCUT2D eigenvalue weighted by Crippen LogP contribution is 2.17.